The summed E-state index contributed by atoms with van der Waals surface area (Å²) < 4.78 is 42.8. The highest BCUT2D eigenvalue weighted by Gasteiger charge is 2.38. The molecular weight excluding hydrogens is 383 g/mol. The molecule has 2 unspecified atom stereocenters. The van der Waals surface area contributed by atoms with E-state index < -0.39 is 36.0 Å². The largest absolute Gasteiger partial charge is 0.596 e. The fraction of sp³-hybridized carbons (Fsp3) is 0.533. The summed E-state index contributed by atoms with van der Waals surface area (Å²) in [6.45, 7) is 3.83. The molecule has 146 valence electrons. The summed E-state index contributed by atoms with van der Waals surface area (Å²) in [5.74, 6) is 0.507. The van der Waals surface area contributed by atoms with Gasteiger partial charge in [0.05, 0.1) is 16.9 Å². The normalized spacial score (nSPS) is 17.9. The van der Waals surface area contributed by atoms with Crippen LogP contribution in [-0.2, 0) is 31.4 Å². The zero-order chi connectivity index (χ0) is 19.5. The van der Waals surface area contributed by atoms with Gasteiger partial charge in [0.2, 0.25) is 5.37 Å². The fourth-order valence-corrected chi connectivity index (χ4v) is 4.97. The van der Waals surface area contributed by atoms with Crippen molar-refractivity contribution < 1.29 is 32.8 Å². The SMILES string of the molecule is COP(=O)(CN[S+]([O-])C(NC(=O)O)c1cccc2c1OC(C)(C)C2)OC. The van der Waals surface area contributed by atoms with Crippen molar-refractivity contribution in [2.75, 3.05) is 20.5 Å². The molecule has 1 heterocycles. The van der Waals surface area contributed by atoms with E-state index in [0.717, 1.165) is 5.56 Å². The van der Waals surface area contributed by atoms with Crippen molar-refractivity contribution in [1.82, 2.24) is 10.0 Å². The van der Waals surface area contributed by atoms with Crippen LogP contribution in [0.25, 0.3) is 0 Å². The fourth-order valence-electron chi connectivity index (χ4n) is 2.63. The predicted molar refractivity (Wildman–Crippen MR) is 96.5 cm³/mol. The number of ether oxygens (including phenoxy) is 1. The molecule has 0 saturated carbocycles. The third-order valence-electron chi connectivity index (χ3n) is 3.83. The van der Waals surface area contributed by atoms with Gasteiger partial charge in [-0.1, -0.05) is 12.1 Å². The number of amides is 1. The van der Waals surface area contributed by atoms with Gasteiger partial charge in [0.15, 0.2) is 0 Å². The molecule has 2 rings (SSSR count). The van der Waals surface area contributed by atoms with Crippen molar-refractivity contribution >= 4 is 25.1 Å². The number of benzene rings is 1. The van der Waals surface area contributed by atoms with Gasteiger partial charge in [-0.05, 0) is 25.5 Å². The summed E-state index contributed by atoms with van der Waals surface area (Å²) in [5, 5.41) is 10.2. The Bertz CT molecular complexity index is 707. The van der Waals surface area contributed by atoms with Gasteiger partial charge in [-0.3, -0.25) is 9.88 Å². The Labute approximate surface area is 155 Å². The van der Waals surface area contributed by atoms with Crippen LogP contribution < -0.4 is 14.8 Å². The van der Waals surface area contributed by atoms with Gasteiger partial charge in [-0.15, -0.1) is 4.72 Å². The first-order valence-corrected chi connectivity index (χ1v) is 10.7. The van der Waals surface area contributed by atoms with Crippen LogP contribution in [0, 0.1) is 0 Å². The maximum Gasteiger partial charge on any atom is 0.408 e. The lowest BCUT2D eigenvalue weighted by molar-refractivity contribution is 0.137. The first-order chi connectivity index (χ1) is 12.1. The lowest BCUT2D eigenvalue weighted by Gasteiger charge is -2.24. The van der Waals surface area contributed by atoms with Crippen molar-refractivity contribution in [1.29, 1.82) is 0 Å². The highest BCUT2D eigenvalue weighted by molar-refractivity contribution is 7.90. The van der Waals surface area contributed by atoms with E-state index in [1.165, 1.54) is 14.2 Å². The summed E-state index contributed by atoms with van der Waals surface area (Å²) in [7, 11) is -1.03. The molecule has 1 aromatic rings. The molecule has 0 fully saturated rings. The molecule has 0 spiro atoms. The van der Waals surface area contributed by atoms with Gasteiger partial charge in [-0.2, -0.15) is 0 Å². The number of rotatable bonds is 8. The molecule has 0 bridgehead atoms. The van der Waals surface area contributed by atoms with Crippen molar-refractivity contribution in [3.05, 3.63) is 29.3 Å². The van der Waals surface area contributed by atoms with E-state index in [4.69, 9.17) is 18.9 Å². The molecule has 26 heavy (non-hydrogen) atoms. The highest BCUT2D eigenvalue weighted by Crippen LogP contribution is 2.46. The minimum Gasteiger partial charge on any atom is -0.596 e. The van der Waals surface area contributed by atoms with Crippen molar-refractivity contribution in [2.24, 2.45) is 0 Å². The second kappa shape index (κ2) is 8.16. The number of hydrogen-bond donors (Lipinski definition) is 3. The van der Waals surface area contributed by atoms with Gasteiger partial charge in [0.1, 0.15) is 17.6 Å². The molecule has 1 amide bonds. The standard InChI is InChI=1S/C15H23N2O7PS/c1-15(2)8-10-6-5-7-11(12(10)24-15)13(17-14(18)19)26(21)16-9-25(20,22-3)23-4/h5-7,13,16-17H,8-9H2,1-4H3,(H,18,19). The number of nitrogens with one attached hydrogen (secondary N) is 2. The van der Waals surface area contributed by atoms with Crippen LogP contribution in [0.5, 0.6) is 5.75 Å². The topological polar surface area (TPSA) is 129 Å². The smallest absolute Gasteiger partial charge is 0.408 e. The van der Waals surface area contributed by atoms with E-state index in [-0.39, 0.29) is 6.29 Å². The summed E-state index contributed by atoms with van der Waals surface area (Å²) in [5.41, 5.74) is 0.898. The zero-order valence-corrected chi connectivity index (χ0v) is 16.7. The number of fused-ring (bicyclic) bond motifs is 1. The molecule has 0 aliphatic carbocycles. The Morgan fingerprint density at radius 1 is 1.46 bits per heavy atom. The number of carbonyl (C=O) groups is 1. The maximum absolute atomic E-state index is 12.7. The molecule has 2 atom stereocenters. The molecule has 9 nitrogen and oxygen atoms in total. The summed E-state index contributed by atoms with van der Waals surface area (Å²) >= 11 is -1.95. The van der Waals surface area contributed by atoms with E-state index >= 15 is 0 Å². The summed E-state index contributed by atoms with van der Waals surface area (Å²) in [6, 6.07) is 5.28. The molecule has 0 saturated heterocycles. The average molecular weight is 406 g/mol. The molecular formula is C15H23N2O7PS. The first kappa shape index (κ1) is 21.0. The van der Waals surface area contributed by atoms with E-state index in [1.54, 1.807) is 12.1 Å². The minimum atomic E-state index is -3.45. The van der Waals surface area contributed by atoms with Gasteiger partial charge in [-0.25, -0.2) is 4.79 Å². The molecule has 0 radical (unpaired) electrons. The minimum absolute atomic E-state index is 0.341. The quantitative estimate of drug-likeness (QED) is 0.443. The van der Waals surface area contributed by atoms with Crippen molar-refractivity contribution in [3.8, 4) is 5.75 Å². The monoisotopic (exact) mass is 406 g/mol. The van der Waals surface area contributed by atoms with Crippen LogP contribution >= 0.6 is 7.60 Å². The maximum atomic E-state index is 12.7. The van der Waals surface area contributed by atoms with Crippen molar-refractivity contribution in [2.45, 2.75) is 31.2 Å². The van der Waals surface area contributed by atoms with Crippen molar-refractivity contribution in [3.63, 3.8) is 0 Å². The lowest BCUT2D eigenvalue weighted by atomic mass is 10.0. The Balaban J connectivity index is 2.28. The highest BCUT2D eigenvalue weighted by atomic mass is 32.2. The van der Waals surface area contributed by atoms with E-state index in [2.05, 4.69) is 10.0 Å². The van der Waals surface area contributed by atoms with Crippen LogP contribution in [0.15, 0.2) is 18.2 Å². The Kier molecular flexibility index (Phi) is 6.60. The van der Waals surface area contributed by atoms with Gasteiger partial charge >= 0.3 is 13.7 Å². The zero-order valence-electron chi connectivity index (χ0n) is 15.0. The molecule has 1 aliphatic rings. The van der Waals surface area contributed by atoms with E-state index in [9.17, 15) is 13.9 Å². The Morgan fingerprint density at radius 2 is 2.12 bits per heavy atom. The molecule has 1 aliphatic heterocycles. The van der Waals surface area contributed by atoms with E-state index in [0.29, 0.717) is 17.7 Å². The van der Waals surface area contributed by atoms with Gasteiger partial charge < -0.3 is 23.4 Å². The van der Waals surface area contributed by atoms with Crippen LogP contribution in [-0.4, -0.2) is 41.9 Å². The average Bonchev–Trinajstić information content (AvgIpc) is 2.91. The predicted octanol–water partition coefficient (Wildman–Crippen LogP) is 2.36. The van der Waals surface area contributed by atoms with Crippen LogP contribution in [0.4, 0.5) is 4.79 Å². The number of carboxylic acid groups (broad SMARTS) is 1. The number of para-hydroxylation sites is 1. The van der Waals surface area contributed by atoms with Crippen LogP contribution in [0.2, 0.25) is 0 Å². The summed E-state index contributed by atoms with van der Waals surface area (Å²) in [6.07, 6.45) is -1.04. The molecule has 1 aromatic carbocycles. The second-order valence-electron chi connectivity index (χ2n) is 6.28. The summed E-state index contributed by atoms with van der Waals surface area (Å²) in [4.78, 5) is 11.2. The van der Waals surface area contributed by atoms with Gasteiger partial charge in [0, 0.05) is 20.6 Å². The second-order valence-corrected chi connectivity index (χ2v) is 9.90. The Morgan fingerprint density at radius 3 is 2.69 bits per heavy atom. The molecule has 0 aromatic heterocycles. The van der Waals surface area contributed by atoms with Gasteiger partial charge in [0.25, 0.3) is 0 Å². The van der Waals surface area contributed by atoms with E-state index in [1.807, 2.05) is 19.9 Å². The number of hydrogen-bond acceptors (Lipinski definition) is 7. The third kappa shape index (κ3) is 4.91. The third-order valence-corrected chi connectivity index (χ3v) is 6.93. The first-order valence-electron chi connectivity index (χ1n) is 7.75. The lowest BCUT2D eigenvalue weighted by Crippen LogP contribution is -2.40. The van der Waals surface area contributed by atoms with Crippen LogP contribution in [0.1, 0.15) is 30.3 Å². The molecule has 3 N–H and O–H groups in total. The molecule has 11 heteroatoms. The van der Waals surface area contributed by atoms with Crippen LogP contribution in [0.3, 0.4) is 0 Å². The Hall–Kier alpha value is -1.29.